The normalized spacial score (nSPS) is 11.1. The van der Waals surface area contributed by atoms with Crippen LogP contribution in [0.25, 0.3) is 0 Å². The zero-order valence-electron chi connectivity index (χ0n) is 11.8. The fourth-order valence-corrected chi connectivity index (χ4v) is 2.12. The third-order valence-corrected chi connectivity index (χ3v) is 3.32. The Balaban J connectivity index is 1.88. The van der Waals surface area contributed by atoms with Gasteiger partial charge in [-0.25, -0.2) is 5.43 Å². The van der Waals surface area contributed by atoms with Crippen LogP contribution < -0.4 is 10.2 Å². The standard InChI is InChI=1S/C16H14Cl2N2O2/c1-11(12-5-3-2-4-6-12)19-20-16(21)10-22-15-8-7-13(17)9-14(15)18/h2-9H,10H2,1H3,(H,20,21). The second kappa shape index (κ2) is 7.82. The summed E-state index contributed by atoms with van der Waals surface area (Å²) in [7, 11) is 0. The molecule has 0 aliphatic rings. The van der Waals surface area contributed by atoms with Crippen LogP contribution in [0.1, 0.15) is 12.5 Å². The van der Waals surface area contributed by atoms with Crippen LogP contribution in [-0.4, -0.2) is 18.2 Å². The van der Waals surface area contributed by atoms with Crippen molar-refractivity contribution in [3.63, 3.8) is 0 Å². The molecule has 2 rings (SSSR count). The van der Waals surface area contributed by atoms with E-state index in [-0.39, 0.29) is 12.5 Å². The lowest BCUT2D eigenvalue weighted by Crippen LogP contribution is -2.25. The van der Waals surface area contributed by atoms with E-state index in [9.17, 15) is 4.79 Å². The van der Waals surface area contributed by atoms with Crippen LogP contribution in [0.3, 0.4) is 0 Å². The van der Waals surface area contributed by atoms with Crippen molar-refractivity contribution in [3.8, 4) is 5.75 Å². The number of ether oxygens (including phenoxy) is 1. The van der Waals surface area contributed by atoms with E-state index in [0.29, 0.717) is 21.5 Å². The first-order chi connectivity index (χ1) is 10.6. The van der Waals surface area contributed by atoms with E-state index < -0.39 is 0 Å². The van der Waals surface area contributed by atoms with Gasteiger partial charge in [-0.05, 0) is 30.7 Å². The average molecular weight is 337 g/mol. The highest BCUT2D eigenvalue weighted by Crippen LogP contribution is 2.27. The molecule has 1 N–H and O–H groups in total. The van der Waals surface area contributed by atoms with Crippen molar-refractivity contribution in [3.05, 3.63) is 64.1 Å². The van der Waals surface area contributed by atoms with Crippen molar-refractivity contribution >= 4 is 34.8 Å². The molecule has 0 spiro atoms. The molecule has 0 heterocycles. The van der Waals surface area contributed by atoms with Crippen LogP contribution in [0.15, 0.2) is 53.6 Å². The first-order valence-corrected chi connectivity index (χ1v) is 7.28. The molecule has 2 aromatic carbocycles. The number of halogens is 2. The summed E-state index contributed by atoms with van der Waals surface area (Å²) in [6.07, 6.45) is 0. The van der Waals surface area contributed by atoms with Crippen molar-refractivity contribution in [2.45, 2.75) is 6.92 Å². The monoisotopic (exact) mass is 336 g/mol. The summed E-state index contributed by atoms with van der Waals surface area (Å²) in [4.78, 5) is 11.7. The Bertz CT molecular complexity index is 688. The van der Waals surface area contributed by atoms with E-state index in [1.165, 1.54) is 0 Å². The fourth-order valence-electron chi connectivity index (χ4n) is 1.66. The Kier molecular flexibility index (Phi) is 5.81. The average Bonchev–Trinajstić information content (AvgIpc) is 2.52. The lowest BCUT2D eigenvalue weighted by Gasteiger charge is -2.07. The van der Waals surface area contributed by atoms with Crippen LogP contribution >= 0.6 is 23.2 Å². The maximum Gasteiger partial charge on any atom is 0.277 e. The van der Waals surface area contributed by atoms with E-state index >= 15 is 0 Å². The van der Waals surface area contributed by atoms with Gasteiger partial charge in [-0.3, -0.25) is 4.79 Å². The molecule has 0 saturated carbocycles. The lowest BCUT2D eigenvalue weighted by molar-refractivity contribution is -0.123. The topological polar surface area (TPSA) is 50.7 Å². The maximum atomic E-state index is 11.7. The third kappa shape index (κ3) is 4.76. The van der Waals surface area contributed by atoms with Crippen molar-refractivity contribution in [1.82, 2.24) is 5.43 Å². The number of amides is 1. The van der Waals surface area contributed by atoms with Gasteiger partial charge in [0.2, 0.25) is 0 Å². The third-order valence-electron chi connectivity index (χ3n) is 2.79. The molecule has 4 nitrogen and oxygen atoms in total. The predicted molar refractivity (Wildman–Crippen MR) is 88.8 cm³/mol. The number of nitrogens with zero attached hydrogens (tertiary/aromatic N) is 1. The number of carbonyl (C=O) groups is 1. The molecule has 6 heteroatoms. The fraction of sp³-hybridized carbons (Fsp3) is 0.125. The molecule has 0 atom stereocenters. The molecule has 2 aromatic rings. The molecule has 0 fully saturated rings. The van der Waals surface area contributed by atoms with E-state index in [0.717, 1.165) is 5.56 Å². The Hall–Kier alpha value is -2.04. The van der Waals surface area contributed by atoms with Gasteiger partial charge in [-0.2, -0.15) is 5.10 Å². The minimum Gasteiger partial charge on any atom is -0.482 e. The van der Waals surface area contributed by atoms with Gasteiger partial charge in [0, 0.05) is 5.02 Å². The summed E-state index contributed by atoms with van der Waals surface area (Å²) in [6.45, 7) is 1.62. The summed E-state index contributed by atoms with van der Waals surface area (Å²) in [5, 5.41) is 4.88. The van der Waals surface area contributed by atoms with E-state index in [1.807, 2.05) is 37.3 Å². The molecule has 0 radical (unpaired) electrons. The zero-order valence-corrected chi connectivity index (χ0v) is 13.4. The number of rotatable bonds is 5. The van der Waals surface area contributed by atoms with Crippen LogP contribution in [0.4, 0.5) is 0 Å². The maximum absolute atomic E-state index is 11.7. The van der Waals surface area contributed by atoms with Gasteiger partial charge in [0.15, 0.2) is 6.61 Å². The molecular formula is C16H14Cl2N2O2. The molecule has 0 bridgehead atoms. The van der Waals surface area contributed by atoms with Gasteiger partial charge in [-0.1, -0.05) is 53.5 Å². The van der Waals surface area contributed by atoms with E-state index in [2.05, 4.69) is 10.5 Å². The van der Waals surface area contributed by atoms with Gasteiger partial charge >= 0.3 is 0 Å². The molecular weight excluding hydrogens is 323 g/mol. The molecule has 0 aliphatic carbocycles. The van der Waals surface area contributed by atoms with Gasteiger partial charge in [-0.15, -0.1) is 0 Å². The highest BCUT2D eigenvalue weighted by molar-refractivity contribution is 6.35. The molecule has 1 amide bonds. The van der Waals surface area contributed by atoms with Crippen molar-refractivity contribution in [2.24, 2.45) is 5.10 Å². The molecule has 114 valence electrons. The van der Waals surface area contributed by atoms with Crippen molar-refractivity contribution in [1.29, 1.82) is 0 Å². The Morgan fingerprint density at radius 1 is 1.18 bits per heavy atom. The van der Waals surface area contributed by atoms with Gasteiger partial charge < -0.3 is 4.74 Å². The summed E-state index contributed by atoms with van der Waals surface area (Å²) in [5.74, 6) is 0.0197. The van der Waals surface area contributed by atoms with E-state index in [4.69, 9.17) is 27.9 Å². The van der Waals surface area contributed by atoms with Gasteiger partial charge in [0.1, 0.15) is 5.75 Å². The second-order valence-electron chi connectivity index (χ2n) is 4.46. The van der Waals surface area contributed by atoms with Gasteiger partial charge in [0.05, 0.1) is 10.7 Å². The summed E-state index contributed by atoms with van der Waals surface area (Å²) < 4.78 is 5.32. The highest BCUT2D eigenvalue weighted by Gasteiger charge is 2.06. The van der Waals surface area contributed by atoms with Crippen LogP contribution in [0, 0.1) is 0 Å². The smallest absolute Gasteiger partial charge is 0.277 e. The SMILES string of the molecule is CC(=NNC(=O)COc1ccc(Cl)cc1Cl)c1ccccc1. The number of benzene rings is 2. The number of hydrogen-bond acceptors (Lipinski definition) is 3. The Labute approximate surface area is 138 Å². The number of hydrogen-bond donors (Lipinski definition) is 1. The van der Waals surface area contributed by atoms with Gasteiger partial charge in [0.25, 0.3) is 5.91 Å². The lowest BCUT2D eigenvalue weighted by atomic mass is 10.1. The first-order valence-electron chi connectivity index (χ1n) is 6.52. The summed E-state index contributed by atoms with van der Waals surface area (Å²) in [6, 6.07) is 14.3. The van der Waals surface area contributed by atoms with Crippen LogP contribution in [0.2, 0.25) is 10.0 Å². The molecule has 22 heavy (non-hydrogen) atoms. The highest BCUT2D eigenvalue weighted by atomic mass is 35.5. The van der Waals surface area contributed by atoms with Crippen molar-refractivity contribution in [2.75, 3.05) is 6.61 Å². The largest absolute Gasteiger partial charge is 0.482 e. The first kappa shape index (κ1) is 16.3. The minimum atomic E-state index is -0.374. The number of hydrazone groups is 1. The van der Waals surface area contributed by atoms with Crippen molar-refractivity contribution < 1.29 is 9.53 Å². The zero-order chi connectivity index (χ0) is 15.9. The summed E-state index contributed by atoms with van der Waals surface area (Å²) >= 11 is 11.7. The Morgan fingerprint density at radius 2 is 1.91 bits per heavy atom. The molecule has 0 aliphatic heterocycles. The van der Waals surface area contributed by atoms with Crippen LogP contribution in [-0.2, 0) is 4.79 Å². The van der Waals surface area contributed by atoms with Crippen LogP contribution in [0.5, 0.6) is 5.75 Å². The second-order valence-corrected chi connectivity index (χ2v) is 5.31. The quantitative estimate of drug-likeness (QED) is 0.664. The van der Waals surface area contributed by atoms with E-state index in [1.54, 1.807) is 18.2 Å². The number of nitrogens with one attached hydrogen (secondary N) is 1. The molecule has 0 aromatic heterocycles. The Morgan fingerprint density at radius 3 is 2.59 bits per heavy atom. The molecule has 0 unspecified atom stereocenters. The predicted octanol–water partition coefficient (Wildman–Crippen LogP) is 3.91. The molecule has 0 saturated heterocycles. The number of carbonyl (C=O) groups excluding carboxylic acids is 1. The minimum absolute atomic E-state index is 0.188. The summed E-state index contributed by atoms with van der Waals surface area (Å²) in [5.41, 5.74) is 4.08.